The maximum Gasteiger partial charge on any atom is 0.270 e. The van der Waals surface area contributed by atoms with Crippen molar-refractivity contribution in [2.75, 3.05) is 0 Å². The van der Waals surface area contributed by atoms with Crippen LogP contribution in [0.2, 0.25) is 0 Å². The van der Waals surface area contributed by atoms with Crippen LogP contribution >= 0.6 is 0 Å². The molecule has 34 heavy (non-hydrogen) atoms. The average molecular weight is 459 g/mol. The first-order valence-electron chi connectivity index (χ1n) is 10.3. The number of ketones is 1. The van der Waals surface area contributed by atoms with E-state index in [0.29, 0.717) is 17.7 Å². The number of benzene rings is 2. The number of aryl methyl sites for hydroxylation is 1. The number of carbonyl (C=O) groups is 2. The lowest BCUT2D eigenvalue weighted by atomic mass is 10.1. The van der Waals surface area contributed by atoms with Crippen LogP contribution in [0.15, 0.2) is 54.9 Å². The third-order valence-corrected chi connectivity index (χ3v) is 4.84. The number of halogens is 1. The van der Waals surface area contributed by atoms with Gasteiger partial charge in [-0.15, -0.1) is 0 Å². The van der Waals surface area contributed by atoms with Gasteiger partial charge in [0.25, 0.3) is 11.7 Å². The minimum atomic E-state index is -0.454. The fourth-order valence-electron chi connectivity index (χ4n) is 2.98. The summed E-state index contributed by atoms with van der Waals surface area (Å²) in [7, 11) is 0. The summed E-state index contributed by atoms with van der Waals surface area (Å²) in [4.78, 5) is 32.0. The molecule has 0 saturated heterocycles. The Morgan fingerprint density at radius 2 is 1.85 bits per heavy atom. The highest BCUT2D eigenvalue weighted by Gasteiger charge is 2.15. The van der Waals surface area contributed by atoms with E-state index in [9.17, 15) is 14.0 Å². The molecule has 0 bridgehead atoms. The summed E-state index contributed by atoms with van der Waals surface area (Å²) in [6, 6.07) is 15.3. The highest BCUT2D eigenvalue weighted by molar-refractivity contribution is 5.98. The van der Waals surface area contributed by atoms with E-state index < -0.39 is 5.91 Å². The molecule has 2 heterocycles. The molecule has 10 heteroatoms. The van der Waals surface area contributed by atoms with Crippen molar-refractivity contribution >= 4 is 17.5 Å². The van der Waals surface area contributed by atoms with Gasteiger partial charge in [0.1, 0.15) is 23.5 Å². The summed E-state index contributed by atoms with van der Waals surface area (Å²) in [6.07, 6.45) is 1.26. The van der Waals surface area contributed by atoms with Crippen molar-refractivity contribution in [1.82, 2.24) is 24.9 Å². The smallest absolute Gasteiger partial charge is 0.270 e. The van der Waals surface area contributed by atoms with Crippen molar-refractivity contribution in [3.63, 3.8) is 0 Å². The number of amides is 1. The number of nitrogens with zero attached hydrogens (tertiary/aromatic N) is 5. The van der Waals surface area contributed by atoms with Gasteiger partial charge in [0.15, 0.2) is 5.78 Å². The highest BCUT2D eigenvalue weighted by atomic mass is 19.1. The van der Waals surface area contributed by atoms with Gasteiger partial charge in [-0.05, 0) is 47.9 Å². The number of hydrogen-bond donors (Lipinski definition) is 2. The van der Waals surface area contributed by atoms with Crippen LogP contribution in [0.3, 0.4) is 0 Å². The van der Waals surface area contributed by atoms with Gasteiger partial charge in [-0.25, -0.2) is 9.37 Å². The molecule has 0 radical (unpaired) electrons. The van der Waals surface area contributed by atoms with Gasteiger partial charge in [0.2, 0.25) is 0 Å². The fourth-order valence-corrected chi connectivity index (χ4v) is 2.98. The molecule has 0 spiro atoms. The van der Waals surface area contributed by atoms with Crippen molar-refractivity contribution in [2.24, 2.45) is 5.73 Å². The summed E-state index contributed by atoms with van der Waals surface area (Å²) >= 11 is 0. The number of Topliss-reactive ketones (excluding diaryl/α,β-unsaturated/α-hetero) is 1. The van der Waals surface area contributed by atoms with Crippen LogP contribution < -0.4 is 11.1 Å². The number of aromatic nitrogens is 4. The van der Waals surface area contributed by atoms with Crippen LogP contribution in [0.5, 0.6) is 0 Å². The van der Waals surface area contributed by atoms with Gasteiger partial charge in [0.05, 0.1) is 11.6 Å². The van der Waals surface area contributed by atoms with Crippen molar-refractivity contribution in [1.29, 1.82) is 5.26 Å². The maximum absolute atomic E-state index is 13.3. The van der Waals surface area contributed by atoms with Gasteiger partial charge in [-0.3, -0.25) is 9.59 Å². The summed E-state index contributed by atoms with van der Waals surface area (Å²) < 4.78 is 14.5. The Labute approximate surface area is 195 Å². The SMILES string of the molecule is CC(=O)c1cc(C(=O)NCc2ccc(F)c(C)c2)nc2ncnn12.N#Cc1ccc(CN)cc1. The Morgan fingerprint density at radius 1 is 1.15 bits per heavy atom. The predicted molar refractivity (Wildman–Crippen MR) is 122 cm³/mol. The van der Waals surface area contributed by atoms with Crippen molar-refractivity contribution in [3.8, 4) is 6.07 Å². The van der Waals surface area contributed by atoms with Gasteiger partial charge < -0.3 is 11.1 Å². The van der Waals surface area contributed by atoms with Gasteiger partial charge >= 0.3 is 0 Å². The molecule has 0 fully saturated rings. The number of nitrogens with one attached hydrogen (secondary N) is 1. The molecule has 0 aliphatic heterocycles. The van der Waals surface area contributed by atoms with Gasteiger partial charge in [0, 0.05) is 20.0 Å². The lowest BCUT2D eigenvalue weighted by Gasteiger charge is -2.07. The first kappa shape index (κ1) is 24.2. The van der Waals surface area contributed by atoms with Crippen molar-refractivity contribution in [2.45, 2.75) is 26.9 Å². The zero-order valence-corrected chi connectivity index (χ0v) is 18.6. The van der Waals surface area contributed by atoms with Crippen LogP contribution in [-0.4, -0.2) is 31.3 Å². The molecule has 1 amide bonds. The molecule has 172 valence electrons. The Kier molecular flexibility index (Phi) is 7.74. The molecule has 0 unspecified atom stereocenters. The molecule has 2 aromatic carbocycles. The van der Waals surface area contributed by atoms with E-state index in [1.54, 1.807) is 31.2 Å². The number of rotatable bonds is 5. The number of hydrogen-bond acceptors (Lipinski definition) is 7. The molecule has 0 atom stereocenters. The first-order chi connectivity index (χ1) is 16.3. The zero-order valence-electron chi connectivity index (χ0n) is 18.6. The second-order valence-corrected chi connectivity index (χ2v) is 7.33. The van der Waals surface area contributed by atoms with Crippen LogP contribution in [0, 0.1) is 24.1 Å². The fraction of sp³-hybridized carbons (Fsp3) is 0.167. The molecule has 2 aromatic heterocycles. The van der Waals surface area contributed by atoms with Crippen LogP contribution in [-0.2, 0) is 13.1 Å². The lowest BCUT2D eigenvalue weighted by molar-refractivity contribution is 0.0946. The van der Waals surface area contributed by atoms with E-state index >= 15 is 0 Å². The second kappa shape index (κ2) is 10.9. The molecule has 9 nitrogen and oxygen atoms in total. The number of carbonyl (C=O) groups excluding carboxylic acids is 2. The second-order valence-electron chi connectivity index (χ2n) is 7.33. The van der Waals surface area contributed by atoms with E-state index in [4.69, 9.17) is 11.0 Å². The summed E-state index contributed by atoms with van der Waals surface area (Å²) in [6.45, 7) is 3.78. The zero-order chi connectivity index (χ0) is 24.7. The molecule has 3 N–H and O–H groups in total. The molecule has 0 aliphatic rings. The molecule has 4 aromatic rings. The van der Waals surface area contributed by atoms with Crippen molar-refractivity contribution in [3.05, 3.63) is 94.3 Å². The third kappa shape index (κ3) is 5.85. The highest BCUT2D eigenvalue weighted by Crippen LogP contribution is 2.10. The molecular formula is C24H22FN7O2. The topological polar surface area (TPSA) is 139 Å². The van der Waals surface area contributed by atoms with Crippen molar-refractivity contribution < 1.29 is 14.0 Å². The molecule has 4 rings (SSSR count). The van der Waals surface area contributed by atoms with E-state index in [1.165, 1.54) is 29.9 Å². The Morgan fingerprint density at radius 3 is 2.47 bits per heavy atom. The quantitative estimate of drug-likeness (QED) is 0.437. The standard InChI is InChI=1S/C16H14FN5O2.C8H8N2/c1-9-5-11(3-4-12(9)17)7-18-15(24)13-6-14(10(2)23)22-16(21-13)19-8-20-22;9-5-7-1-2-8(6-10)4-3-7/h3-6,8H,7H2,1-2H3,(H,18,24);1-4H,5,9H2. The normalized spacial score (nSPS) is 10.2. The van der Waals surface area contributed by atoms with Gasteiger partial charge in [-0.1, -0.05) is 24.3 Å². The molecule has 0 aliphatic carbocycles. The summed E-state index contributed by atoms with van der Waals surface area (Å²) in [5.41, 5.74) is 8.65. The largest absolute Gasteiger partial charge is 0.347 e. The molecule has 0 saturated carbocycles. The number of nitriles is 1. The minimum absolute atomic E-state index is 0.0690. The maximum atomic E-state index is 13.3. The minimum Gasteiger partial charge on any atom is -0.347 e. The monoisotopic (exact) mass is 459 g/mol. The third-order valence-electron chi connectivity index (χ3n) is 4.84. The number of fused-ring (bicyclic) bond motifs is 1. The van der Waals surface area contributed by atoms with Crippen LogP contribution in [0.4, 0.5) is 4.39 Å². The van der Waals surface area contributed by atoms with E-state index in [-0.39, 0.29) is 35.3 Å². The predicted octanol–water partition coefficient (Wildman–Crippen LogP) is 2.72. The van der Waals surface area contributed by atoms with Gasteiger partial charge in [-0.2, -0.15) is 19.9 Å². The van der Waals surface area contributed by atoms with E-state index in [1.807, 2.05) is 18.2 Å². The Balaban J connectivity index is 0.000000271. The van der Waals surface area contributed by atoms with E-state index in [0.717, 1.165) is 11.1 Å². The lowest BCUT2D eigenvalue weighted by Crippen LogP contribution is -2.25. The Hall–Kier alpha value is -4.49. The molecular weight excluding hydrogens is 437 g/mol. The van der Waals surface area contributed by atoms with Crippen LogP contribution in [0.1, 0.15) is 50.2 Å². The summed E-state index contributed by atoms with van der Waals surface area (Å²) in [5, 5.41) is 15.0. The van der Waals surface area contributed by atoms with E-state index in [2.05, 4.69) is 20.4 Å². The average Bonchev–Trinajstić information content (AvgIpc) is 3.33. The number of nitrogens with two attached hydrogens (primary N) is 1. The first-order valence-corrected chi connectivity index (χ1v) is 10.3. The summed E-state index contributed by atoms with van der Waals surface area (Å²) in [5.74, 6) is -0.832. The van der Waals surface area contributed by atoms with Crippen LogP contribution in [0.25, 0.3) is 5.78 Å². The Bertz CT molecular complexity index is 1370.